The van der Waals surface area contributed by atoms with Crippen LogP contribution >= 0.6 is 15.9 Å². The van der Waals surface area contributed by atoms with Gasteiger partial charge in [0.05, 0.1) is 6.54 Å². The molecule has 1 N–H and O–H groups in total. The summed E-state index contributed by atoms with van der Waals surface area (Å²) in [5.74, 6) is 1.64. The van der Waals surface area contributed by atoms with Crippen LogP contribution in [0.5, 0.6) is 0 Å². The number of aromatic nitrogens is 2. The van der Waals surface area contributed by atoms with Crippen LogP contribution in [0, 0.1) is 0 Å². The van der Waals surface area contributed by atoms with Gasteiger partial charge in [0.25, 0.3) is 0 Å². The van der Waals surface area contributed by atoms with Gasteiger partial charge in [0.1, 0.15) is 18.1 Å². The summed E-state index contributed by atoms with van der Waals surface area (Å²) in [4.78, 5) is 27.2. The zero-order valence-corrected chi connectivity index (χ0v) is 19.5. The number of nitrogens with one attached hydrogen (secondary N) is 1. The minimum absolute atomic E-state index is 0.0531. The Balaban J connectivity index is 1.53. The predicted molar refractivity (Wildman–Crippen MR) is 131 cm³/mol. The number of hydrogen-bond acceptors (Lipinski definition) is 5. The van der Waals surface area contributed by atoms with Crippen molar-refractivity contribution in [3.63, 3.8) is 0 Å². The lowest BCUT2D eigenvalue weighted by molar-refractivity contribution is -0.119. The Morgan fingerprint density at radius 2 is 1.69 bits per heavy atom. The molecule has 6 nitrogen and oxygen atoms in total. The second-order valence-corrected chi connectivity index (χ2v) is 9.30. The van der Waals surface area contributed by atoms with Crippen LogP contribution in [0.15, 0.2) is 65.4 Å². The first kappa shape index (κ1) is 20.9. The maximum atomic E-state index is 13.8. The Kier molecular flexibility index (Phi) is 6.08. The summed E-state index contributed by atoms with van der Waals surface area (Å²) >= 11 is 3.50. The Morgan fingerprint density at radius 1 is 0.938 bits per heavy atom. The lowest BCUT2D eigenvalue weighted by Crippen LogP contribution is -2.49. The van der Waals surface area contributed by atoms with Crippen molar-refractivity contribution in [3.8, 4) is 0 Å². The van der Waals surface area contributed by atoms with Gasteiger partial charge in [-0.3, -0.25) is 9.69 Å². The van der Waals surface area contributed by atoms with E-state index in [1.165, 1.54) is 6.42 Å². The van der Waals surface area contributed by atoms with E-state index in [-0.39, 0.29) is 11.9 Å². The Bertz CT molecular complexity index is 1080. The van der Waals surface area contributed by atoms with Gasteiger partial charge in [-0.25, -0.2) is 9.97 Å². The molecule has 1 saturated heterocycles. The Morgan fingerprint density at radius 3 is 2.44 bits per heavy atom. The molecule has 1 atom stereocenters. The normalized spacial score (nSPS) is 18.3. The van der Waals surface area contributed by atoms with Crippen LogP contribution in [0.1, 0.15) is 30.4 Å². The van der Waals surface area contributed by atoms with Crippen LogP contribution in [0.25, 0.3) is 0 Å². The first-order valence-corrected chi connectivity index (χ1v) is 11.9. The molecule has 0 bridgehead atoms. The summed E-state index contributed by atoms with van der Waals surface area (Å²) in [6, 6.07) is 17.9. The molecule has 1 amide bonds. The SMILES string of the molecule is O=C1C(Cc2ccccc2)Nc2ncnc(N3CCCCC3)c2N1Cc1ccc(Br)cc1. The smallest absolute Gasteiger partial charge is 0.250 e. The number of anilines is 3. The van der Waals surface area contributed by atoms with E-state index in [4.69, 9.17) is 0 Å². The number of nitrogens with zero attached hydrogens (tertiary/aromatic N) is 4. The number of halogens is 1. The van der Waals surface area contributed by atoms with Crippen molar-refractivity contribution in [2.75, 3.05) is 28.2 Å². The second-order valence-electron chi connectivity index (χ2n) is 8.38. The predicted octanol–water partition coefficient (Wildman–Crippen LogP) is 4.80. The van der Waals surface area contributed by atoms with E-state index in [2.05, 4.69) is 60.4 Å². The molecule has 1 fully saturated rings. The lowest BCUT2D eigenvalue weighted by Gasteiger charge is -2.38. The molecule has 3 heterocycles. The van der Waals surface area contributed by atoms with E-state index in [1.54, 1.807) is 6.33 Å². The number of piperidine rings is 1. The summed E-state index contributed by atoms with van der Waals surface area (Å²) in [6.45, 7) is 2.40. The van der Waals surface area contributed by atoms with Crippen LogP contribution in [0.4, 0.5) is 17.3 Å². The van der Waals surface area contributed by atoms with Gasteiger partial charge < -0.3 is 10.2 Å². The quantitative estimate of drug-likeness (QED) is 0.555. The third kappa shape index (κ3) is 4.35. The minimum Gasteiger partial charge on any atom is -0.356 e. The molecule has 2 aromatic carbocycles. The zero-order valence-electron chi connectivity index (χ0n) is 17.9. The van der Waals surface area contributed by atoms with Gasteiger partial charge in [0, 0.05) is 24.0 Å². The third-order valence-electron chi connectivity index (χ3n) is 6.14. The van der Waals surface area contributed by atoms with E-state index in [1.807, 2.05) is 35.2 Å². The van der Waals surface area contributed by atoms with Crippen LogP contribution in [-0.2, 0) is 17.8 Å². The highest BCUT2D eigenvalue weighted by Crippen LogP contribution is 2.39. The largest absolute Gasteiger partial charge is 0.356 e. The molecule has 32 heavy (non-hydrogen) atoms. The molecular weight excluding hydrogens is 466 g/mol. The standard InChI is InChI=1S/C25H26BrN5O/c26-20-11-9-19(10-12-20)16-31-22-23(27-17-28-24(22)30-13-5-2-6-14-30)29-21(25(31)32)15-18-7-3-1-4-8-18/h1,3-4,7-12,17,21H,2,5-6,13-16H2,(H,27,28,29). The molecule has 0 spiro atoms. The van der Waals surface area contributed by atoms with Crippen molar-refractivity contribution in [2.45, 2.75) is 38.3 Å². The first-order valence-electron chi connectivity index (χ1n) is 11.2. The Labute approximate surface area is 196 Å². The molecule has 1 unspecified atom stereocenters. The minimum atomic E-state index is -0.371. The van der Waals surface area contributed by atoms with E-state index in [9.17, 15) is 4.79 Å². The molecule has 1 aromatic heterocycles. The third-order valence-corrected chi connectivity index (χ3v) is 6.67. The number of amides is 1. The van der Waals surface area contributed by atoms with Gasteiger partial charge in [0.15, 0.2) is 11.6 Å². The average Bonchev–Trinajstić information content (AvgIpc) is 2.84. The number of hydrogen-bond donors (Lipinski definition) is 1. The highest BCUT2D eigenvalue weighted by atomic mass is 79.9. The number of carbonyl (C=O) groups is 1. The van der Waals surface area contributed by atoms with E-state index >= 15 is 0 Å². The van der Waals surface area contributed by atoms with Crippen molar-refractivity contribution in [3.05, 3.63) is 76.5 Å². The summed E-state index contributed by atoms with van der Waals surface area (Å²) < 4.78 is 1.02. The van der Waals surface area contributed by atoms with Gasteiger partial charge in [-0.1, -0.05) is 58.4 Å². The summed E-state index contributed by atoms with van der Waals surface area (Å²) in [5.41, 5.74) is 2.99. The highest BCUT2D eigenvalue weighted by Gasteiger charge is 2.37. The molecule has 5 rings (SSSR count). The van der Waals surface area contributed by atoms with Crippen LogP contribution in [0.3, 0.4) is 0 Å². The molecule has 2 aliphatic heterocycles. The number of fused-ring (bicyclic) bond motifs is 1. The fourth-order valence-electron chi connectivity index (χ4n) is 4.50. The van der Waals surface area contributed by atoms with Gasteiger partial charge >= 0.3 is 0 Å². The van der Waals surface area contributed by atoms with Crippen molar-refractivity contribution >= 4 is 39.2 Å². The topological polar surface area (TPSA) is 61.4 Å². The van der Waals surface area contributed by atoms with Gasteiger partial charge in [-0.15, -0.1) is 0 Å². The van der Waals surface area contributed by atoms with Gasteiger partial charge in [0.2, 0.25) is 5.91 Å². The molecule has 2 aliphatic rings. The monoisotopic (exact) mass is 491 g/mol. The summed E-state index contributed by atoms with van der Waals surface area (Å²) in [7, 11) is 0. The molecule has 0 saturated carbocycles. The summed E-state index contributed by atoms with van der Waals surface area (Å²) in [6.07, 6.45) is 5.75. The van der Waals surface area contributed by atoms with Crippen molar-refractivity contribution in [1.29, 1.82) is 0 Å². The number of benzene rings is 2. The van der Waals surface area contributed by atoms with E-state index in [0.29, 0.717) is 13.0 Å². The number of rotatable bonds is 5. The fourth-order valence-corrected chi connectivity index (χ4v) is 4.77. The zero-order chi connectivity index (χ0) is 21.9. The van der Waals surface area contributed by atoms with Gasteiger partial charge in [-0.05, 0) is 42.5 Å². The maximum absolute atomic E-state index is 13.8. The second kappa shape index (κ2) is 9.28. The fraction of sp³-hybridized carbons (Fsp3) is 0.320. The van der Waals surface area contributed by atoms with Crippen LogP contribution in [-0.4, -0.2) is 35.0 Å². The summed E-state index contributed by atoms with van der Waals surface area (Å²) in [5, 5.41) is 3.42. The van der Waals surface area contributed by atoms with Crippen LogP contribution < -0.4 is 15.1 Å². The molecule has 7 heteroatoms. The van der Waals surface area contributed by atoms with Crippen molar-refractivity contribution < 1.29 is 4.79 Å². The molecule has 0 aliphatic carbocycles. The molecule has 0 radical (unpaired) electrons. The van der Waals surface area contributed by atoms with E-state index < -0.39 is 0 Å². The lowest BCUT2D eigenvalue weighted by atomic mass is 10.0. The molecular formula is C25H26BrN5O. The van der Waals surface area contributed by atoms with E-state index in [0.717, 1.165) is 58.9 Å². The van der Waals surface area contributed by atoms with Crippen molar-refractivity contribution in [2.24, 2.45) is 0 Å². The van der Waals surface area contributed by atoms with Gasteiger partial charge in [-0.2, -0.15) is 0 Å². The molecule has 3 aromatic rings. The highest BCUT2D eigenvalue weighted by molar-refractivity contribution is 9.10. The average molecular weight is 492 g/mol. The van der Waals surface area contributed by atoms with Crippen LogP contribution in [0.2, 0.25) is 0 Å². The maximum Gasteiger partial charge on any atom is 0.250 e. The van der Waals surface area contributed by atoms with Crippen molar-refractivity contribution in [1.82, 2.24) is 9.97 Å². The first-order chi connectivity index (χ1) is 15.7. The number of carbonyl (C=O) groups excluding carboxylic acids is 1. The Hall–Kier alpha value is -2.93. The molecule has 164 valence electrons.